The zero-order chi connectivity index (χ0) is 9.26. The van der Waals surface area contributed by atoms with Crippen LogP contribution in [-0.2, 0) is 0 Å². The van der Waals surface area contributed by atoms with Gasteiger partial charge in [0.25, 0.3) is 5.89 Å². The minimum absolute atomic E-state index is 0.343. The number of aryl methyl sites for hydroxylation is 1. The van der Waals surface area contributed by atoms with Crippen molar-refractivity contribution in [2.45, 2.75) is 6.92 Å². The predicted octanol–water partition coefficient (Wildman–Crippen LogP) is 2.10. The normalized spacial score (nSPS) is 10.2. The van der Waals surface area contributed by atoms with Gasteiger partial charge >= 0.3 is 0 Å². The number of rotatable bonds is 1. The summed E-state index contributed by atoms with van der Waals surface area (Å²) in [6.07, 6.45) is 1.70. The highest BCUT2D eigenvalue weighted by atomic mass is 32.1. The summed E-state index contributed by atoms with van der Waals surface area (Å²) in [5, 5.41) is 2.48. The first kappa shape index (κ1) is 8.12. The lowest BCUT2D eigenvalue weighted by molar-refractivity contribution is 0.428. The number of nitrogens with zero attached hydrogens (tertiary/aromatic N) is 2. The number of hydrogen-bond acceptors (Lipinski definition) is 4. The maximum Gasteiger partial charge on any atom is 0.257 e. The first-order valence-electron chi connectivity index (χ1n) is 3.74. The Hall–Kier alpha value is -1.49. The number of pyridine rings is 1. The zero-order valence-corrected chi connectivity index (χ0v) is 7.76. The Labute approximate surface area is 79.6 Å². The van der Waals surface area contributed by atoms with Gasteiger partial charge in [-0.2, -0.15) is 10.1 Å². The Morgan fingerprint density at radius 2 is 2.31 bits per heavy atom. The van der Waals surface area contributed by atoms with Crippen LogP contribution in [0.25, 0.3) is 11.5 Å². The van der Waals surface area contributed by atoms with E-state index in [9.17, 15) is 0 Å². The lowest BCUT2D eigenvalue weighted by Gasteiger charge is -1.93. The smallest absolute Gasteiger partial charge is 0.257 e. The van der Waals surface area contributed by atoms with Crippen molar-refractivity contribution < 1.29 is 4.52 Å². The zero-order valence-electron chi connectivity index (χ0n) is 6.94. The molecule has 2 rings (SSSR count). The molecule has 0 saturated heterocycles. The van der Waals surface area contributed by atoms with Gasteiger partial charge in [-0.05, 0) is 31.3 Å². The molecule has 13 heavy (non-hydrogen) atoms. The maximum atomic E-state index is 5.01. The molecule has 2 aromatic heterocycles. The van der Waals surface area contributed by atoms with E-state index in [-0.39, 0.29) is 0 Å². The van der Waals surface area contributed by atoms with Crippen LogP contribution in [0.2, 0.25) is 0 Å². The van der Waals surface area contributed by atoms with Gasteiger partial charge in [0.05, 0.1) is 5.56 Å². The summed E-state index contributed by atoms with van der Waals surface area (Å²) in [5.41, 5.74) is 1.77. The molecule has 0 saturated carbocycles. The molecule has 66 valence electrons. The summed E-state index contributed by atoms with van der Waals surface area (Å²) in [4.78, 5) is 8.08. The van der Waals surface area contributed by atoms with Gasteiger partial charge in [-0.1, -0.05) is 0 Å². The molecule has 0 atom stereocenters. The fourth-order valence-corrected chi connectivity index (χ4v) is 1.07. The summed E-state index contributed by atoms with van der Waals surface area (Å²) in [6, 6.07) is 3.78. The van der Waals surface area contributed by atoms with E-state index >= 15 is 0 Å². The average molecular weight is 193 g/mol. The van der Waals surface area contributed by atoms with Gasteiger partial charge < -0.3 is 4.52 Å². The Bertz CT molecular complexity index is 457. The van der Waals surface area contributed by atoms with Gasteiger partial charge in [-0.25, -0.2) is 0 Å². The van der Waals surface area contributed by atoms with Crippen molar-refractivity contribution in [2.75, 3.05) is 0 Å². The molecule has 2 heterocycles. The molecule has 1 N–H and O–H groups in total. The molecule has 0 unspecified atom stereocenters. The van der Waals surface area contributed by atoms with E-state index in [1.165, 1.54) is 0 Å². The van der Waals surface area contributed by atoms with E-state index in [4.69, 9.17) is 16.7 Å². The van der Waals surface area contributed by atoms with E-state index < -0.39 is 0 Å². The van der Waals surface area contributed by atoms with E-state index in [1.807, 2.05) is 19.1 Å². The summed E-state index contributed by atoms with van der Waals surface area (Å²) >= 11 is 4.78. The topological polar surface area (TPSA) is 54.7 Å². The minimum atomic E-state index is 0.343. The molecule has 2 aromatic rings. The molecule has 0 aromatic carbocycles. The molecular weight excluding hydrogens is 186 g/mol. The molecule has 0 amide bonds. The number of H-pyrrole nitrogens is 1. The summed E-state index contributed by atoms with van der Waals surface area (Å²) < 4.78 is 5.35. The van der Waals surface area contributed by atoms with Crippen LogP contribution in [0.1, 0.15) is 5.69 Å². The lowest BCUT2D eigenvalue weighted by atomic mass is 10.2. The molecule has 0 aliphatic rings. The molecule has 0 radical (unpaired) electrons. The van der Waals surface area contributed by atoms with Gasteiger partial charge in [0.2, 0.25) is 4.77 Å². The first-order valence-corrected chi connectivity index (χ1v) is 4.15. The summed E-state index contributed by atoms with van der Waals surface area (Å²) in [7, 11) is 0. The minimum Gasteiger partial charge on any atom is -0.359 e. The van der Waals surface area contributed by atoms with Crippen LogP contribution in [0.3, 0.4) is 0 Å². The quantitative estimate of drug-likeness (QED) is 0.705. The van der Waals surface area contributed by atoms with Crippen molar-refractivity contribution >= 4 is 12.2 Å². The molecule has 0 spiro atoms. The molecular formula is C8H7N3OS. The average Bonchev–Trinajstić information content (AvgIpc) is 2.53. The number of aromatic nitrogens is 3. The van der Waals surface area contributed by atoms with Crippen molar-refractivity contribution in [3.8, 4) is 11.5 Å². The largest absolute Gasteiger partial charge is 0.359 e. The maximum absolute atomic E-state index is 5.01. The van der Waals surface area contributed by atoms with E-state index in [2.05, 4.69) is 15.1 Å². The van der Waals surface area contributed by atoms with Crippen LogP contribution in [-0.4, -0.2) is 15.1 Å². The highest BCUT2D eigenvalue weighted by Crippen LogP contribution is 2.14. The molecule has 0 fully saturated rings. The second kappa shape index (κ2) is 3.10. The van der Waals surface area contributed by atoms with E-state index in [1.54, 1.807) is 6.20 Å². The molecule has 0 aliphatic carbocycles. The second-order valence-corrected chi connectivity index (χ2v) is 3.00. The highest BCUT2D eigenvalue weighted by Gasteiger charge is 2.02. The number of nitrogens with one attached hydrogen (secondary N) is 1. The van der Waals surface area contributed by atoms with Crippen molar-refractivity contribution in [3.05, 3.63) is 28.8 Å². The Balaban J connectivity index is 2.47. The SMILES string of the molecule is Cc1ccc(-c2nc(=S)[nH]o2)cn1. The van der Waals surface area contributed by atoms with E-state index in [0.29, 0.717) is 10.7 Å². The first-order chi connectivity index (χ1) is 6.25. The van der Waals surface area contributed by atoms with Crippen molar-refractivity contribution in [3.63, 3.8) is 0 Å². The summed E-state index contributed by atoms with van der Waals surface area (Å²) in [5.74, 6) is 0.470. The molecule has 4 nitrogen and oxygen atoms in total. The van der Waals surface area contributed by atoms with E-state index in [0.717, 1.165) is 11.3 Å². The van der Waals surface area contributed by atoms with Crippen LogP contribution in [0.4, 0.5) is 0 Å². The standard InChI is InChI=1S/C8H7N3OS/c1-5-2-3-6(4-9-5)7-10-8(13)11-12-7/h2-4H,1H3,(H,11,13). The van der Waals surface area contributed by atoms with Gasteiger partial charge in [0.1, 0.15) is 0 Å². The van der Waals surface area contributed by atoms with Crippen molar-refractivity contribution in [1.29, 1.82) is 0 Å². The third-order valence-corrected chi connectivity index (χ3v) is 1.77. The lowest BCUT2D eigenvalue weighted by Crippen LogP contribution is -1.82. The Morgan fingerprint density at radius 3 is 2.85 bits per heavy atom. The Kier molecular flexibility index (Phi) is 1.94. The summed E-state index contributed by atoms with van der Waals surface area (Å²) in [6.45, 7) is 1.92. The third-order valence-electron chi connectivity index (χ3n) is 1.60. The second-order valence-electron chi connectivity index (χ2n) is 2.61. The fraction of sp³-hybridized carbons (Fsp3) is 0.125. The van der Waals surface area contributed by atoms with Crippen molar-refractivity contribution in [2.24, 2.45) is 0 Å². The third kappa shape index (κ3) is 1.65. The van der Waals surface area contributed by atoms with Crippen LogP contribution in [0, 0.1) is 11.7 Å². The monoisotopic (exact) mass is 193 g/mol. The number of hydrogen-bond donors (Lipinski definition) is 1. The molecule has 0 aliphatic heterocycles. The van der Waals surface area contributed by atoms with Gasteiger partial charge in [-0.15, -0.1) is 0 Å². The van der Waals surface area contributed by atoms with Crippen LogP contribution >= 0.6 is 12.2 Å². The van der Waals surface area contributed by atoms with Crippen LogP contribution in [0.5, 0.6) is 0 Å². The van der Waals surface area contributed by atoms with Gasteiger partial charge in [0.15, 0.2) is 0 Å². The van der Waals surface area contributed by atoms with Gasteiger partial charge in [0, 0.05) is 11.9 Å². The predicted molar refractivity (Wildman–Crippen MR) is 49.7 cm³/mol. The van der Waals surface area contributed by atoms with Crippen LogP contribution in [0.15, 0.2) is 22.9 Å². The van der Waals surface area contributed by atoms with Crippen molar-refractivity contribution in [1.82, 2.24) is 15.1 Å². The molecule has 0 bridgehead atoms. The Morgan fingerprint density at radius 1 is 1.46 bits per heavy atom. The number of aromatic amines is 1. The highest BCUT2D eigenvalue weighted by molar-refractivity contribution is 7.71. The fourth-order valence-electron chi connectivity index (χ4n) is 0.948. The molecule has 5 heteroatoms. The van der Waals surface area contributed by atoms with Crippen LogP contribution < -0.4 is 0 Å². The van der Waals surface area contributed by atoms with Gasteiger partial charge in [-0.3, -0.25) is 4.98 Å².